The Morgan fingerprint density at radius 2 is 2.24 bits per heavy atom. The molecule has 1 unspecified atom stereocenters. The maximum atomic E-state index is 13.6. The Balaban J connectivity index is 2.35. The van der Waals surface area contributed by atoms with Crippen LogP contribution in [0.15, 0.2) is 24.3 Å². The molecule has 90 valence electrons. The van der Waals surface area contributed by atoms with Gasteiger partial charge in [0.1, 0.15) is 11.6 Å². The average molecular weight is 235 g/mol. The van der Waals surface area contributed by atoms with E-state index in [1.54, 1.807) is 25.1 Å². The van der Waals surface area contributed by atoms with E-state index < -0.39 is 6.04 Å². The van der Waals surface area contributed by atoms with E-state index in [4.69, 9.17) is 10.5 Å². The Morgan fingerprint density at radius 1 is 1.47 bits per heavy atom. The number of aryl methyl sites for hydroxylation is 1. The van der Waals surface area contributed by atoms with Crippen molar-refractivity contribution in [1.82, 2.24) is 10.2 Å². The zero-order valence-electron chi connectivity index (χ0n) is 9.70. The lowest BCUT2D eigenvalue weighted by atomic mass is 10.1. The number of H-pyrrole nitrogens is 1. The Morgan fingerprint density at radius 3 is 2.82 bits per heavy atom. The topological polar surface area (TPSA) is 63.9 Å². The number of hydrogen-bond acceptors (Lipinski definition) is 3. The smallest absolute Gasteiger partial charge is 0.238 e. The third kappa shape index (κ3) is 2.45. The molecule has 0 saturated carbocycles. The van der Waals surface area contributed by atoms with Gasteiger partial charge in [-0.1, -0.05) is 6.07 Å². The molecule has 4 nitrogen and oxygen atoms in total. The molecule has 0 aliphatic heterocycles. The number of rotatable bonds is 3. The van der Waals surface area contributed by atoms with Crippen LogP contribution in [0, 0.1) is 12.7 Å². The van der Waals surface area contributed by atoms with Crippen molar-refractivity contribution in [1.29, 1.82) is 0 Å². The van der Waals surface area contributed by atoms with Gasteiger partial charge in [-0.2, -0.15) is 0 Å². The number of aromatic nitrogens is 2. The number of benzene rings is 1. The fourth-order valence-corrected chi connectivity index (χ4v) is 1.61. The van der Waals surface area contributed by atoms with Crippen LogP contribution in [-0.2, 0) is 0 Å². The lowest BCUT2D eigenvalue weighted by Gasteiger charge is -2.12. The lowest BCUT2D eigenvalue weighted by molar-refractivity contribution is 0.443. The molecular weight excluding hydrogens is 221 g/mol. The van der Waals surface area contributed by atoms with E-state index in [-0.39, 0.29) is 5.82 Å². The Labute approximate surface area is 98.6 Å². The first-order valence-corrected chi connectivity index (χ1v) is 5.32. The highest BCUT2D eigenvalue weighted by Crippen LogP contribution is 2.29. The van der Waals surface area contributed by atoms with Gasteiger partial charge in [0.15, 0.2) is 0 Å². The van der Waals surface area contributed by atoms with Gasteiger partial charge >= 0.3 is 0 Å². The van der Waals surface area contributed by atoms with Gasteiger partial charge in [-0.05, 0) is 26.0 Å². The van der Waals surface area contributed by atoms with Crippen molar-refractivity contribution in [2.45, 2.75) is 19.9 Å². The van der Waals surface area contributed by atoms with E-state index >= 15 is 0 Å². The molecule has 1 aromatic heterocycles. The molecule has 1 atom stereocenters. The minimum atomic E-state index is -0.439. The van der Waals surface area contributed by atoms with Crippen LogP contribution in [-0.4, -0.2) is 10.2 Å². The van der Waals surface area contributed by atoms with Crippen LogP contribution in [0.5, 0.6) is 11.6 Å². The predicted molar refractivity (Wildman–Crippen MR) is 62.4 cm³/mol. The van der Waals surface area contributed by atoms with Crippen molar-refractivity contribution < 1.29 is 9.13 Å². The first-order valence-electron chi connectivity index (χ1n) is 5.32. The van der Waals surface area contributed by atoms with Crippen molar-refractivity contribution in [2.75, 3.05) is 0 Å². The summed E-state index contributed by atoms with van der Waals surface area (Å²) in [6, 6.07) is 5.91. The van der Waals surface area contributed by atoms with E-state index in [9.17, 15) is 4.39 Å². The standard InChI is InChI=1S/C12H14FN3O/c1-7-6-11(16-15-7)17-10-5-3-4-9(13)12(10)8(2)14/h3-6,8H,14H2,1-2H3,(H,15,16). The maximum Gasteiger partial charge on any atom is 0.238 e. The number of nitrogens with two attached hydrogens (primary N) is 1. The largest absolute Gasteiger partial charge is 0.437 e. The Hall–Kier alpha value is -1.88. The van der Waals surface area contributed by atoms with Gasteiger partial charge in [-0.15, -0.1) is 5.10 Å². The van der Waals surface area contributed by atoms with Crippen molar-refractivity contribution >= 4 is 0 Å². The summed E-state index contributed by atoms with van der Waals surface area (Å²) in [4.78, 5) is 0. The van der Waals surface area contributed by atoms with E-state index in [1.807, 2.05) is 6.92 Å². The summed E-state index contributed by atoms with van der Waals surface area (Å²) in [6.45, 7) is 3.57. The van der Waals surface area contributed by atoms with E-state index in [0.29, 0.717) is 17.2 Å². The zero-order chi connectivity index (χ0) is 12.4. The SMILES string of the molecule is Cc1cc(Oc2cccc(F)c2C(C)N)n[nH]1. The van der Waals surface area contributed by atoms with E-state index in [2.05, 4.69) is 10.2 Å². The summed E-state index contributed by atoms with van der Waals surface area (Å²) in [6.07, 6.45) is 0. The normalized spacial score (nSPS) is 12.5. The molecule has 0 bridgehead atoms. The van der Waals surface area contributed by atoms with Gasteiger partial charge in [0.25, 0.3) is 0 Å². The molecule has 2 aromatic rings. The van der Waals surface area contributed by atoms with Gasteiger partial charge in [0.2, 0.25) is 5.88 Å². The zero-order valence-corrected chi connectivity index (χ0v) is 9.70. The molecule has 17 heavy (non-hydrogen) atoms. The van der Waals surface area contributed by atoms with Gasteiger partial charge in [0, 0.05) is 23.4 Å². The maximum absolute atomic E-state index is 13.6. The van der Waals surface area contributed by atoms with Crippen molar-refractivity contribution in [2.24, 2.45) is 5.73 Å². The summed E-state index contributed by atoms with van der Waals surface area (Å²) >= 11 is 0. The monoisotopic (exact) mass is 235 g/mol. The van der Waals surface area contributed by atoms with Gasteiger partial charge in [-0.3, -0.25) is 5.10 Å². The molecule has 0 aliphatic carbocycles. The third-order valence-corrected chi connectivity index (χ3v) is 2.37. The van der Waals surface area contributed by atoms with Crippen LogP contribution in [0.25, 0.3) is 0 Å². The minimum Gasteiger partial charge on any atom is -0.437 e. The highest BCUT2D eigenvalue weighted by Gasteiger charge is 2.14. The molecule has 3 N–H and O–H groups in total. The quantitative estimate of drug-likeness (QED) is 0.859. The molecule has 0 radical (unpaired) electrons. The number of halogens is 1. The number of nitrogens with zero attached hydrogens (tertiary/aromatic N) is 1. The second-order valence-electron chi connectivity index (χ2n) is 3.93. The molecule has 0 fully saturated rings. The highest BCUT2D eigenvalue weighted by molar-refractivity contribution is 5.39. The van der Waals surface area contributed by atoms with E-state index in [0.717, 1.165) is 5.69 Å². The fourth-order valence-electron chi connectivity index (χ4n) is 1.61. The van der Waals surface area contributed by atoms with Crippen LogP contribution >= 0.6 is 0 Å². The molecule has 1 aromatic carbocycles. The lowest BCUT2D eigenvalue weighted by Crippen LogP contribution is -2.09. The van der Waals surface area contributed by atoms with Crippen LogP contribution < -0.4 is 10.5 Å². The summed E-state index contributed by atoms with van der Waals surface area (Å²) < 4.78 is 19.1. The van der Waals surface area contributed by atoms with E-state index in [1.165, 1.54) is 6.07 Å². The first-order chi connectivity index (χ1) is 8.08. The van der Waals surface area contributed by atoms with Crippen LogP contribution in [0.4, 0.5) is 4.39 Å². The number of ether oxygens (including phenoxy) is 1. The second kappa shape index (κ2) is 4.55. The minimum absolute atomic E-state index is 0.355. The van der Waals surface area contributed by atoms with Crippen molar-refractivity contribution in [3.63, 3.8) is 0 Å². The van der Waals surface area contributed by atoms with Crippen LogP contribution in [0.3, 0.4) is 0 Å². The molecule has 0 saturated heterocycles. The number of hydrogen-bond donors (Lipinski definition) is 2. The molecular formula is C12H14FN3O. The molecule has 0 spiro atoms. The van der Waals surface area contributed by atoms with Gasteiger partial charge in [-0.25, -0.2) is 4.39 Å². The molecule has 5 heteroatoms. The highest BCUT2D eigenvalue weighted by atomic mass is 19.1. The van der Waals surface area contributed by atoms with Gasteiger partial charge in [0.05, 0.1) is 0 Å². The Kier molecular flexibility index (Phi) is 3.10. The van der Waals surface area contributed by atoms with Crippen LogP contribution in [0.1, 0.15) is 24.2 Å². The fraction of sp³-hybridized carbons (Fsp3) is 0.250. The Bertz CT molecular complexity index is 522. The molecule has 2 rings (SSSR count). The van der Waals surface area contributed by atoms with Gasteiger partial charge < -0.3 is 10.5 Å². The molecule has 0 aliphatic rings. The summed E-state index contributed by atoms with van der Waals surface area (Å²) in [7, 11) is 0. The third-order valence-electron chi connectivity index (χ3n) is 2.37. The molecule has 1 heterocycles. The average Bonchev–Trinajstić information content (AvgIpc) is 2.63. The summed E-state index contributed by atoms with van der Waals surface area (Å²) in [5, 5.41) is 6.68. The summed E-state index contributed by atoms with van der Waals surface area (Å²) in [5.41, 5.74) is 6.95. The predicted octanol–water partition coefficient (Wildman–Crippen LogP) is 2.67. The van der Waals surface area contributed by atoms with Crippen molar-refractivity contribution in [3.8, 4) is 11.6 Å². The van der Waals surface area contributed by atoms with Crippen molar-refractivity contribution in [3.05, 3.63) is 41.3 Å². The van der Waals surface area contributed by atoms with Crippen LogP contribution in [0.2, 0.25) is 0 Å². The number of nitrogens with one attached hydrogen (secondary N) is 1. The summed E-state index contributed by atoms with van der Waals surface area (Å²) in [5.74, 6) is 0.422. The number of aromatic amines is 1. The second-order valence-corrected chi connectivity index (χ2v) is 3.93. The first kappa shape index (κ1) is 11.6. The molecule has 0 amide bonds.